The minimum atomic E-state index is -1.05. The quantitative estimate of drug-likeness (QED) is 0.781. The van der Waals surface area contributed by atoms with Crippen LogP contribution in [0.15, 0.2) is 47.2 Å². The second-order valence-electron chi connectivity index (χ2n) is 4.10. The summed E-state index contributed by atoms with van der Waals surface area (Å²) in [6.45, 7) is 0. The largest absolute Gasteiger partial charge is 0.477 e. The molecule has 2 aromatic heterocycles. The van der Waals surface area contributed by atoms with E-state index in [4.69, 9.17) is 5.11 Å². The zero-order valence-corrected chi connectivity index (χ0v) is 11.7. The molecule has 6 heteroatoms. The Labute approximate surface area is 122 Å². The van der Waals surface area contributed by atoms with Crippen molar-refractivity contribution in [1.82, 2.24) is 15.0 Å². The molecule has 0 fully saturated rings. The predicted octanol–water partition coefficient (Wildman–Crippen LogP) is 3.15. The summed E-state index contributed by atoms with van der Waals surface area (Å²) in [7, 11) is 0. The summed E-state index contributed by atoms with van der Waals surface area (Å²) < 4.78 is 0.861. The lowest BCUT2D eigenvalue weighted by Crippen LogP contribution is -1.99. The first kappa shape index (κ1) is 12.7. The first-order chi connectivity index (χ1) is 9.65. The molecule has 20 heavy (non-hydrogen) atoms. The highest BCUT2D eigenvalue weighted by Crippen LogP contribution is 2.23. The lowest BCUT2D eigenvalue weighted by atomic mass is 10.2. The van der Waals surface area contributed by atoms with Crippen molar-refractivity contribution in [2.75, 3.05) is 0 Å². The van der Waals surface area contributed by atoms with Gasteiger partial charge >= 0.3 is 5.97 Å². The van der Waals surface area contributed by atoms with Crippen LogP contribution in [0.1, 0.15) is 10.5 Å². The first-order valence-electron chi connectivity index (χ1n) is 5.76. The minimum absolute atomic E-state index is 0.00341. The Bertz CT molecular complexity index is 803. The zero-order valence-electron chi connectivity index (χ0n) is 10.1. The fourth-order valence-corrected chi connectivity index (χ4v) is 2.25. The molecule has 0 bridgehead atoms. The highest BCUT2D eigenvalue weighted by Gasteiger charge is 2.08. The maximum atomic E-state index is 10.8. The third-order valence-corrected chi connectivity index (χ3v) is 3.44. The Morgan fingerprint density at radius 3 is 2.65 bits per heavy atom. The average Bonchev–Trinajstić information content (AvgIpc) is 2.47. The van der Waals surface area contributed by atoms with Gasteiger partial charge in [0.05, 0.1) is 17.4 Å². The summed E-state index contributed by atoms with van der Waals surface area (Å²) in [5, 5.41) is 8.83. The van der Waals surface area contributed by atoms with Gasteiger partial charge in [-0.05, 0) is 40.2 Å². The van der Waals surface area contributed by atoms with Crippen molar-refractivity contribution in [1.29, 1.82) is 0 Å². The van der Waals surface area contributed by atoms with Gasteiger partial charge < -0.3 is 5.11 Å². The van der Waals surface area contributed by atoms with E-state index in [-0.39, 0.29) is 5.69 Å². The fraction of sp³-hybridized carbons (Fsp3) is 0. The molecule has 3 rings (SSSR count). The number of carbonyl (C=O) groups is 1. The second kappa shape index (κ2) is 4.97. The summed E-state index contributed by atoms with van der Waals surface area (Å²) in [6, 6.07) is 8.78. The molecule has 0 saturated carbocycles. The molecule has 5 nitrogen and oxygen atoms in total. The molecule has 0 radical (unpaired) electrons. The number of halogens is 1. The van der Waals surface area contributed by atoms with Crippen molar-refractivity contribution in [2.24, 2.45) is 0 Å². The van der Waals surface area contributed by atoms with Crippen LogP contribution in [0.2, 0.25) is 0 Å². The molecular weight excluding hydrogens is 322 g/mol. The van der Waals surface area contributed by atoms with Crippen molar-refractivity contribution in [3.8, 4) is 11.3 Å². The van der Waals surface area contributed by atoms with Crippen LogP contribution in [-0.4, -0.2) is 26.0 Å². The predicted molar refractivity (Wildman–Crippen MR) is 77.4 cm³/mol. The van der Waals surface area contributed by atoms with Crippen molar-refractivity contribution in [2.45, 2.75) is 0 Å². The second-order valence-corrected chi connectivity index (χ2v) is 4.95. The lowest BCUT2D eigenvalue weighted by molar-refractivity contribution is 0.0690. The maximum Gasteiger partial charge on any atom is 0.354 e. The van der Waals surface area contributed by atoms with Crippen molar-refractivity contribution < 1.29 is 9.90 Å². The van der Waals surface area contributed by atoms with Crippen molar-refractivity contribution in [3.63, 3.8) is 0 Å². The molecule has 1 aromatic carbocycles. The Kier molecular flexibility index (Phi) is 3.15. The summed E-state index contributed by atoms with van der Waals surface area (Å²) >= 11 is 3.44. The van der Waals surface area contributed by atoms with E-state index >= 15 is 0 Å². The standard InChI is InChI=1S/C14H8BrN3O2/c15-9-2-1-3-10-13(9)18-12(7-17-10)8-4-5-11(14(19)20)16-6-8/h1-7H,(H,19,20). The van der Waals surface area contributed by atoms with Gasteiger partial charge in [0.2, 0.25) is 0 Å². The molecule has 3 aromatic rings. The van der Waals surface area contributed by atoms with Crippen LogP contribution in [0.25, 0.3) is 22.3 Å². The topological polar surface area (TPSA) is 76.0 Å². The number of aromatic nitrogens is 3. The highest BCUT2D eigenvalue weighted by molar-refractivity contribution is 9.10. The molecule has 0 aliphatic rings. The number of benzene rings is 1. The Morgan fingerprint density at radius 2 is 1.95 bits per heavy atom. The number of hydrogen-bond acceptors (Lipinski definition) is 4. The third kappa shape index (κ3) is 2.25. The molecule has 0 aliphatic heterocycles. The van der Waals surface area contributed by atoms with Gasteiger partial charge in [0.15, 0.2) is 0 Å². The summed E-state index contributed by atoms with van der Waals surface area (Å²) in [5.74, 6) is -1.05. The molecule has 0 spiro atoms. The van der Waals surface area contributed by atoms with E-state index in [0.29, 0.717) is 5.69 Å². The summed E-state index contributed by atoms with van der Waals surface area (Å²) in [6.07, 6.45) is 3.13. The smallest absolute Gasteiger partial charge is 0.354 e. The fourth-order valence-electron chi connectivity index (χ4n) is 1.81. The van der Waals surface area contributed by atoms with Gasteiger partial charge in [-0.1, -0.05) is 6.07 Å². The van der Waals surface area contributed by atoms with Crippen LogP contribution in [0.5, 0.6) is 0 Å². The first-order valence-corrected chi connectivity index (χ1v) is 6.55. The van der Waals surface area contributed by atoms with Crippen molar-refractivity contribution in [3.05, 3.63) is 52.9 Å². The molecule has 0 amide bonds. The van der Waals surface area contributed by atoms with Crippen LogP contribution in [-0.2, 0) is 0 Å². The SMILES string of the molecule is O=C(O)c1ccc(-c2cnc3cccc(Br)c3n2)cn1. The Morgan fingerprint density at radius 1 is 1.10 bits per heavy atom. The average molecular weight is 330 g/mol. The van der Waals surface area contributed by atoms with E-state index in [2.05, 4.69) is 30.9 Å². The lowest BCUT2D eigenvalue weighted by Gasteiger charge is -2.04. The molecule has 1 N–H and O–H groups in total. The monoisotopic (exact) mass is 329 g/mol. The molecule has 0 atom stereocenters. The van der Waals surface area contributed by atoms with E-state index in [1.165, 1.54) is 12.3 Å². The van der Waals surface area contributed by atoms with Crippen LogP contribution >= 0.6 is 15.9 Å². The van der Waals surface area contributed by atoms with Crippen LogP contribution < -0.4 is 0 Å². The molecule has 2 heterocycles. The molecule has 98 valence electrons. The minimum Gasteiger partial charge on any atom is -0.477 e. The number of hydrogen-bond donors (Lipinski definition) is 1. The van der Waals surface area contributed by atoms with E-state index in [1.54, 1.807) is 12.3 Å². The Hall–Kier alpha value is -2.34. The summed E-state index contributed by atoms with van der Waals surface area (Å²) in [4.78, 5) is 23.5. The third-order valence-electron chi connectivity index (χ3n) is 2.80. The number of nitrogens with zero attached hydrogens (tertiary/aromatic N) is 3. The van der Waals surface area contributed by atoms with Crippen LogP contribution in [0.3, 0.4) is 0 Å². The van der Waals surface area contributed by atoms with Crippen molar-refractivity contribution >= 4 is 32.9 Å². The van der Waals surface area contributed by atoms with E-state index in [1.807, 2.05) is 18.2 Å². The number of para-hydroxylation sites is 1. The van der Waals surface area contributed by atoms with Gasteiger partial charge in [0.1, 0.15) is 11.2 Å². The van der Waals surface area contributed by atoms with E-state index in [9.17, 15) is 4.79 Å². The van der Waals surface area contributed by atoms with Crippen LogP contribution in [0.4, 0.5) is 0 Å². The molecule has 0 unspecified atom stereocenters. The number of rotatable bonds is 2. The zero-order chi connectivity index (χ0) is 14.1. The van der Waals surface area contributed by atoms with Gasteiger partial charge in [-0.2, -0.15) is 0 Å². The summed E-state index contributed by atoms with van der Waals surface area (Å²) in [5.41, 5.74) is 2.92. The van der Waals surface area contributed by atoms with Gasteiger partial charge in [-0.3, -0.25) is 4.98 Å². The molecular formula is C14H8BrN3O2. The van der Waals surface area contributed by atoms with Gasteiger partial charge in [-0.25, -0.2) is 14.8 Å². The maximum absolute atomic E-state index is 10.8. The van der Waals surface area contributed by atoms with Crippen LogP contribution in [0, 0.1) is 0 Å². The number of fused-ring (bicyclic) bond motifs is 1. The number of carboxylic acid groups (broad SMARTS) is 1. The number of aromatic carboxylic acids is 1. The Balaban J connectivity index is 2.10. The number of carboxylic acids is 1. The van der Waals surface area contributed by atoms with E-state index < -0.39 is 5.97 Å². The number of pyridine rings is 1. The van der Waals surface area contributed by atoms with Gasteiger partial charge in [-0.15, -0.1) is 0 Å². The van der Waals surface area contributed by atoms with Gasteiger partial charge in [0, 0.05) is 16.2 Å². The molecule has 0 aliphatic carbocycles. The van der Waals surface area contributed by atoms with E-state index in [0.717, 1.165) is 21.1 Å². The normalized spacial score (nSPS) is 10.7. The molecule has 0 saturated heterocycles. The van der Waals surface area contributed by atoms with Gasteiger partial charge in [0.25, 0.3) is 0 Å². The highest BCUT2D eigenvalue weighted by atomic mass is 79.9.